The van der Waals surface area contributed by atoms with E-state index in [-0.39, 0.29) is 30.4 Å². The first-order valence-corrected chi connectivity index (χ1v) is 14.7. The van der Waals surface area contributed by atoms with Gasteiger partial charge in [0.25, 0.3) is 0 Å². The predicted molar refractivity (Wildman–Crippen MR) is 141 cm³/mol. The number of likely N-dealkylation sites (N-methyl/N-ethyl adjacent to an activating group) is 1. The van der Waals surface area contributed by atoms with Crippen molar-refractivity contribution in [3.63, 3.8) is 0 Å². The van der Waals surface area contributed by atoms with Crippen LogP contribution < -0.4 is 0 Å². The van der Waals surface area contributed by atoms with E-state index in [0.717, 1.165) is 51.4 Å². The molecule has 0 radical (unpaired) electrons. The summed E-state index contributed by atoms with van der Waals surface area (Å²) in [4.78, 5) is 47.9. The van der Waals surface area contributed by atoms with Crippen LogP contribution >= 0.6 is 11.8 Å². The predicted octanol–water partition coefficient (Wildman–Crippen LogP) is 2.99. The first-order valence-electron chi connectivity index (χ1n) is 13.9. The summed E-state index contributed by atoms with van der Waals surface area (Å²) >= 11 is 1.67. The molecule has 2 saturated heterocycles. The van der Waals surface area contributed by atoms with Crippen molar-refractivity contribution in [3.05, 3.63) is 24.3 Å². The number of aliphatic hydroxyl groups excluding tert-OH is 1. The van der Waals surface area contributed by atoms with E-state index in [2.05, 4.69) is 25.2 Å². The average molecular weight is 516 g/mol. The first-order chi connectivity index (χ1) is 17.3. The summed E-state index contributed by atoms with van der Waals surface area (Å²) < 4.78 is -1.27. The number of aliphatic hydroxyl groups is 1. The maximum atomic E-state index is 14.4. The number of rotatable bonds is 7. The quantitative estimate of drug-likeness (QED) is 0.417. The molecular weight excluding hydrogens is 474 g/mol. The number of thioether (sulfide) groups is 1. The second kappa shape index (κ2) is 10.2. The van der Waals surface area contributed by atoms with Gasteiger partial charge in [-0.3, -0.25) is 14.4 Å². The third-order valence-corrected chi connectivity index (χ3v) is 10.9. The number of carbonyl (C=O) groups excluding carboxylic acids is 3. The lowest BCUT2D eigenvalue weighted by Crippen LogP contribution is -2.55. The third-order valence-electron chi connectivity index (χ3n) is 9.11. The van der Waals surface area contributed by atoms with E-state index < -0.39 is 27.4 Å². The van der Waals surface area contributed by atoms with Gasteiger partial charge in [-0.2, -0.15) is 0 Å². The molecule has 0 bridgehead atoms. The van der Waals surface area contributed by atoms with Crippen molar-refractivity contribution in [2.75, 3.05) is 33.3 Å². The number of amides is 3. The van der Waals surface area contributed by atoms with Crippen molar-refractivity contribution in [2.24, 2.45) is 11.8 Å². The summed E-state index contributed by atoms with van der Waals surface area (Å²) in [5.41, 5.74) is 0. The highest BCUT2D eigenvalue weighted by molar-refractivity contribution is 8.02. The third kappa shape index (κ3) is 4.12. The van der Waals surface area contributed by atoms with Crippen LogP contribution in [-0.4, -0.2) is 92.4 Å². The van der Waals surface area contributed by atoms with Gasteiger partial charge in [-0.05, 0) is 32.6 Å². The molecule has 5 atom stereocenters. The first kappa shape index (κ1) is 25.8. The Labute approximate surface area is 219 Å². The fraction of sp³-hybridized carbons (Fsp3) is 0.750. The molecule has 198 valence electrons. The van der Waals surface area contributed by atoms with Gasteiger partial charge >= 0.3 is 0 Å². The van der Waals surface area contributed by atoms with Gasteiger partial charge in [-0.15, -0.1) is 11.8 Å². The fourth-order valence-corrected chi connectivity index (χ4v) is 9.53. The van der Waals surface area contributed by atoms with Crippen molar-refractivity contribution in [3.8, 4) is 0 Å². The maximum Gasteiger partial charge on any atom is 0.247 e. The number of likely N-dealkylation sites (tertiary alicyclic amines) is 1. The van der Waals surface area contributed by atoms with E-state index in [4.69, 9.17) is 5.11 Å². The molecule has 1 unspecified atom stereocenters. The molecule has 1 saturated carbocycles. The smallest absolute Gasteiger partial charge is 0.247 e. The second-order valence-electron chi connectivity index (χ2n) is 11.5. The van der Waals surface area contributed by atoms with Crippen molar-refractivity contribution in [1.29, 1.82) is 0 Å². The highest BCUT2D eigenvalue weighted by atomic mass is 32.2. The molecule has 3 fully saturated rings. The molecule has 0 aromatic heterocycles. The molecule has 1 N–H and O–H groups in total. The zero-order chi connectivity index (χ0) is 25.5. The molecule has 7 nitrogen and oxygen atoms in total. The number of unbranched alkanes of at least 4 members (excludes halogenated alkanes) is 3. The monoisotopic (exact) mass is 515 g/mol. The van der Waals surface area contributed by atoms with Crippen LogP contribution in [0.4, 0.5) is 0 Å². The van der Waals surface area contributed by atoms with Crippen LogP contribution in [0.15, 0.2) is 24.3 Å². The molecule has 0 aromatic rings. The number of nitrogens with zero attached hydrogens (tertiary/aromatic N) is 3. The molecule has 4 aliphatic heterocycles. The van der Waals surface area contributed by atoms with E-state index in [0.29, 0.717) is 19.6 Å². The average Bonchev–Trinajstić information content (AvgIpc) is 3.14. The number of carbonyl (C=O) groups is 3. The highest BCUT2D eigenvalue weighted by Crippen LogP contribution is 2.65. The summed E-state index contributed by atoms with van der Waals surface area (Å²) in [6, 6.07) is -0.347. The molecule has 3 amide bonds. The maximum absolute atomic E-state index is 14.4. The minimum absolute atomic E-state index is 0.00278. The van der Waals surface area contributed by atoms with Gasteiger partial charge in [-0.1, -0.05) is 56.4 Å². The minimum atomic E-state index is -0.736. The molecule has 4 heterocycles. The van der Waals surface area contributed by atoms with Crippen molar-refractivity contribution in [1.82, 2.24) is 14.7 Å². The number of fused-ring (bicyclic) bond motifs is 2. The Balaban J connectivity index is 1.53. The molecular formula is C28H41N3O4S. The normalized spacial score (nSPS) is 36.7. The van der Waals surface area contributed by atoms with Gasteiger partial charge in [-0.25, -0.2) is 0 Å². The van der Waals surface area contributed by atoms with Crippen molar-refractivity contribution >= 4 is 29.5 Å². The highest BCUT2D eigenvalue weighted by Gasteiger charge is 2.73. The summed E-state index contributed by atoms with van der Waals surface area (Å²) in [7, 11) is 1.81. The van der Waals surface area contributed by atoms with Crippen LogP contribution in [-0.2, 0) is 14.4 Å². The van der Waals surface area contributed by atoms with E-state index in [1.807, 2.05) is 22.9 Å². The summed E-state index contributed by atoms with van der Waals surface area (Å²) in [5.74, 6) is -0.999. The van der Waals surface area contributed by atoms with E-state index in [1.54, 1.807) is 16.7 Å². The molecule has 8 heteroatoms. The Morgan fingerprint density at radius 3 is 2.39 bits per heavy atom. The van der Waals surface area contributed by atoms with Crippen molar-refractivity contribution < 1.29 is 19.5 Å². The summed E-state index contributed by atoms with van der Waals surface area (Å²) in [5, 5.41) is 9.14. The largest absolute Gasteiger partial charge is 0.396 e. The zero-order valence-corrected chi connectivity index (χ0v) is 22.5. The van der Waals surface area contributed by atoms with E-state index in [9.17, 15) is 14.4 Å². The van der Waals surface area contributed by atoms with Gasteiger partial charge in [0.2, 0.25) is 17.7 Å². The van der Waals surface area contributed by atoms with E-state index >= 15 is 0 Å². The van der Waals surface area contributed by atoms with Gasteiger partial charge in [0.05, 0.1) is 16.6 Å². The minimum Gasteiger partial charge on any atom is -0.396 e. The van der Waals surface area contributed by atoms with Crippen molar-refractivity contribution in [2.45, 2.75) is 86.3 Å². The molecule has 1 spiro atoms. The lowest BCUT2D eigenvalue weighted by Gasteiger charge is -2.40. The Morgan fingerprint density at radius 2 is 1.64 bits per heavy atom. The van der Waals surface area contributed by atoms with Crippen LogP contribution in [0.1, 0.15) is 64.7 Å². The van der Waals surface area contributed by atoms with Gasteiger partial charge in [0.1, 0.15) is 6.04 Å². The SMILES string of the molecule is CN1CC=C[C@@]2(C)S[C@]34C=CCN(C5CCCCC5)C(=O)C3N(CCCCCCO)C(=O)[C@@H]4[C@H]2C1=O. The molecule has 5 aliphatic rings. The topological polar surface area (TPSA) is 81.2 Å². The Hall–Kier alpha value is -1.80. The van der Waals surface area contributed by atoms with Crippen LogP contribution in [0.3, 0.4) is 0 Å². The Kier molecular flexibility index (Phi) is 7.29. The van der Waals surface area contributed by atoms with E-state index in [1.165, 1.54) is 6.42 Å². The van der Waals surface area contributed by atoms with Crippen LogP contribution in [0.5, 0.6) is 0 Å². The van der Waals surface area contributed by atoms with Gasteiger partial charge in [0, 0.05) is 44.1 Å². The molecule has 0 aromatic carbocycles. The van der Waals surface area contributed by atoms with Crippen LogP contribution in [0.25, 0.3) is 0 Å². The summed E-state index contributed by atoms with van der Waals surface area (Å²) in [6.45, 7) is 3.90. The number of hydrogen-bond acceptors (Lipinski definition) is 5. The lowest BCUT2D eigenvalue weighted by molar-refractivity contribution is -0.145. The molecule has 1 aliphatic carbocycles. The standard InChI is InChI=1S/C28H41N3O4S/c1-27-14-10-16-29(2)24(33)21(27)22-25(34)31(17-8-3-4-9-19-32)23-26(35)30(20-12-6-5-7-13-20)18-11-15-28(22,23)36-27/h10-11,14-15,20-23,32H,3-9,12-13,16-19H2,1-2H3/t21-,22-,23?,27+,28-/m0/s1. The molecule has 5 rings (SSSR count). The van der Waals surface area contributed by atoms with Gasteiger partial charge < -0.3 is 19.8 Å². The van der Waals surface area contributed by atoms with Gasteiger partial charge in [0.15, 0.2) is 0 Å². The number of hydrogen-bond donors (Lipinski definition) is 1. The summed E-state index contributed by atoms with van der Waals surface area (Å²) in [6.07, 6.45) is 17.3. The fourth-order valence-electron chi connectivity index (χ4n) is 7.37. The Bertz CT molecular complexity index is 947. The second-order valence-corrected chi connectivity index (χ2v) is 13.3. The van der Waals surface area contributed by atoms with Crippen LogP contribution in [0.2, 0.25) is 0 Å². The molecule has 36 heavy (non-hydrogen) atoms. The Morgan fingerprint density at radius 1 is 0.917 bits per heavy atom. The zero-order valence-electron chi connectivity index (χ0n) is 21.7. The van der Waals surface area contributed by atoms with Crippen LogP contribution in [0, 0.1) is 11.8 Å². The lowest BCUT2D eigenvalue weighted by atomic mass is 9.74.